The van der Waals surface area contributed by atoms with Crippen LogP contribution in [0.25, 0.3) is 0 Å². The van der Waals surface area contributed by atoms with E-state index < -0.39 is 0 Å². The first kappa shape index (κ1) is 15.2. The molecule has 0 aliphatic carbocycles. The Hall–Kier alpha value is -2.16. The van der Waals surface area contributed by atoms with Gasteiger partial charge in [0.2, 0.25) is 0 Å². The van der Waals surface area contributed by atoms with Gasteiger partial charge >= 0.3 is 0 Å². The van der Waals surface area contributed by atoms with E-state index in [2.05, 4.69) is 43.4 Å². The van der Waals surface area contributed by atoms with Gasteiger partial charge in [0.1, 0.15) is 0 Å². The molecule has 3 nitrogen and oxygen atoms in total. The molecule has 0 bridgehead atoms. The fourth-order valence-corrected chi connectivity index (χ4v) is 2.35. The van der Waals surface area contributed by atoms with E-state index in [1.54, 1.807) is 14.2 Å². The van der Waals surface area contributed by atoms with Crippen LogP contribution in [-0.2, 0) is 0 Å². The Morgan fingerprint density at radius 3 is 2.19 bits per heavy atom. The molecule has 2 aromatic rings. The van der Waals surface area contributed by atoms with Crippen LogP contribution in [0.5, 0.6) is 11.5 Å². The summed E-state index contributed by atoms with van der Waals surface area (Å²) in [4.78, 5) is 0. The lowest BCUT2D eigenvalue weighted by Crippen LogP contribution is -2.09. The zero-order chi connectivity index (χ0) is 15.2. The first-order valence-corrected chi connectivity index (χ1v) is 7.23. The lowest BCUT2D eigenvalue weighted by Gasteiger charge is -2.20. The zero-order valence-corrected chi connectivity index (χ0v) is 13.1. The van der Waals surface area contributed by atoms with Gasteiger partial charge in [0.25, 0.3) is 0 Å². The van der Waals surface area contributed by atoms with Crippen molar-refractivity contribution in [3.63, 3.8) is 0 Å². The van der Waals surface area contributed by atoms with E-state index in [0.717, 1.165) is 23.6 Å². The SMILES string of the molecule is CCC(Nc1ccc(OC)c(OC)c1)c1ccc(C)cc1. The van der Waals surface area contributed by atoms with E-state index >= 15 is 0 Å². The molecular weight excluding hydrogens is 262 g/mol. The largest absolute Gasteiger partial charge is 0.493 e. The van der Waals surface area contributed by atoms with Crippen LogP contribution in [-0.4, -0.2) is 14.2 Å². The summed E-state index contributed by atoms with van der Waals surface area (Å²) < 4.78 is 10.6. The van der Waals surface area contributed by atoms with Crippen LogP contribution in [0.2, 0.25) is 0 Å². The smallest absolute Gasteiger partial charge is 0.162 e. The average Bonchev–Trinajstić information content (AvgIpc) is 2.53. The number of ether oxygens (including phenoxy) is 2. The summed E-state index contributed by atoms with van der Waals surface area (Å²) in [6.45, 7) is 4.28. The van der Waals surface area contributed by atoms with Crippen LogP contribution in [0.1, 0.15) is 30.5 Å². The van der Waals surface area contributed by atoms with E-state index in [-0.39, 0.29) is 6.04 Å². The minimum absolute atomic E-state index is 0.281. The molecule has 0 aromatic heterocycles. The monoisotopic (exact) mass is 285 g/mol. The summed E-state index contributed by atoms with van der Waals surface area (Å²) in [5.41, 5.74) is 3.60. The molecule has 0 aliphatic rings. The Balaban J connectivity index is 2.20. The third-order valence-corrected chi connectivity index (χ3v) is 3.61. The highest BCUT2D eigenvalue weighted by Crippen LogP contribution is 2.32. The molecule has 2 aromatic carbocycles. The number of benzene rings is 2. The van der Waals surface area contributed by atoms with Gasteiger partial charge in [0.05, 0.1) is 20.3 Å². The molecule has 112 valence electrons. The van der Waals surface area contributed by atoms with Gasteiger partial charge in [-0.2, -0.15) is 0 Å². The second kappa shape index (κ2) is 7.02. The van der Waals surface area contributed by atoms with E-state index in [1.165, 1.54) is 11.1 Å². The van der Waals surface area contributed by atoms with Gasteiger partial charge < -0.3 is 14.8 Å². The van der Waals surface area contributed by atoms with Gasteiger partial charge in [-0.3, -0.25) is 0 Å². The fourth-order valence-electron chi connectivity index (χ4n) is 2.35. The van der Waals surface area contributed by atoms with Crippen molar-refractivity contribution in [2.75, 3.05) is 19.5 Å². The van der Waals surface area contributed by atoms with Crippen molar-refractivity contribution < 1.29 is 9.47 Å². The van der Waals surface area contributed by atoms with E-state index in [9.17, 15) is 0 Å². The molecule has 2 rings (SSSR count). The molecule has 0 saturated heterocycles. The molecule has 1 unspecified atom stereocenters. The standard InChI is InChI=1S/C18H23NO2/c1-5-16(14-8-6-13(2)7-9-14)19-15-10-11-17(20-3)18(12-15)21-4/h6-12,16,19H,5H2,1-4H3. The predicted octanol–water partition coefficient (Wildman–Crippen LogP) is 4.58. The Kier molecular flexibility index (Phi) is 5.09. The molecule has 21 heavy (non-hydrogen) atoms. The summed E-state index contributed by atoms with van der Waals surface area (Å²) >= 11 is 0. The quantitative estimate of drug-likeness (QED) is 0.843. The maximum Gasteiger partial charge on any atom is 0.162 e. The van der Waals surface area contributed by atoms with E-state index in [4.69, 9.17) is 9.47 Å². The summed E-state index contributed by atoms with van der Waals surface area (Å²) in [6, 6.07) is 14.8. The van der Waals surface area contributed by atoms with Crippen LogP contribution in [0.4, 0.5) is 5.69 Å². The number of hydrogen-bond acceptors (Lipinski definition) is 3. The second-order valence-corrected chi connectivity index (χ2v) is 5.09. The topological polar surface area (TPSA) is 30.5 Å². The predicted molar refractivity (Wildman–Crippen MR) is 87.4 cm³/mol. The number of hydrogen-bond donors (Lipinski definition) is 1. The number of nitrogens with one attached hydrogen (secondary N) is 1. The van der Waals surface area contributed by atoms with Crippen LogP contribution in [0.15, 0.2) is 42.5 Å². The van der Waals surface area contributed by atoms with E-state index in [0.29, 0.717) is 0 Å². The number of methoxy groups -OCH3 is 2. The molecule has 3 heteroatoms. The molecular formula is C18H23NO2. The summed E-state index contributed by atoms with van der Waals surface area (Å²) in [5.74, 6) is 1.48. The first-order valence-electron chi connectivity index (χ1n) is 7.23. The normalized spacial score (nSPS) is 11.8. The van der Waals surface area contributed by atoms with Crippen molar-refractivity contribution in [2.45, 2.75) is 26.3 Å². The molecule has 0 saturated carbocycles. The summed E-state index contributed by atoms with van der Waals surface area (Å²) in [7, 11) is 3.30. The Labute approximate surface area is 126 Å². The highest BCUT2D eigenvalue weighted by atomic mass is 16.5. The average molecular weight is 285 g/mol. The molecule has 0 heterocycles. The molecule has 0 spiro atoms. The van der Waals surface area contributed by atoms with Crippen LogP contribution >= 0.6 is 0 Å². The first-order chi connectivity index (χ1) is 10.2. The molecule has 1 atom stereocenters. The molecule has 0 radical (unpaired) electrons. The van der Waals surface area contributed by atoms with Gasteiger partial charge in [0.15, 0.2) is 11.5 Å². The molecule has 1 N–H and O–H groups in total. The van der Waals surface area contributed by atoms with Gasteiger partial charge in [-0.25, -0.2) is 0 Å². The van der Waals surface area contributed by atoms with Gasteiger partial charge in [0, 0.05) is 11.8 Å². The summed E-state index contributed by atoms with van der Waals surface area (Å²) in [5, 5.41) is 3.55. The third kappa shape index (κ3) is 3.69. The third-order valence-electron chi connectivity index (χ3n) is 3.61. The fraction of sp³-hybridized carbons (Fsp3) is 0.333. The van der Waals surface area contributed by atoms with Crippen LogP contribution in [0, 0.1) is 6.92 Å². The van der Waals surface area contributed by atoms with Crippen LogP contribution < -0.4 is 14.8 Å². The highest BCUT2D eigenvalue weighted by Gasteiger charge is 2.11. The van der Waals surface area contributed by atoms with Crippen molar-refractivity contribution in [1.29, 1.82) is 0 Å². The maximum absolute atomic E-state index is 5.35. The minimum atomic E-state index is 0.281. The molecule has 0 amide bonds. The number of anilines is 1. The number of rotatable bonds is 6. The van der Waals surface area contributed by atoms with Crippen molar-refractivity contribution >= 4 is 5.69 Å². The second-order valence-electron chi connectivity index (χ2n) is 5.09. The zero-order valence-electron chi connectivity index (χ0n) is 13.1. The van der Waals surface area contributed by atoms with Crippen molar-refractivity contribution in [3.05, 3.63) is 53.6 Å². The highest BCUT2D eigenvalue weighted by molar-refractivity contribution is 5.55. The Morgan fingerprint density at radius 1 is 0.952 bits per heavy atom. The Bertz CT molecular complexity index is 578. The minimum Gasteiger partial charge on any atom is -0.493 e. The van der Waals surface area contributed by atoms with E-state index in [1.807, 2.05) is 18.2 Å². The van der Waals surface area contributed by atoms with Gasteiger partial charge in [-0.05, 0) is 31.0 Å². The van der Waals surface area contributed by atoms with Crippen molar-refractivity contribution in [2.24, 2.45) is 0 Å². The number of aryl methyl sites for hydroxylation is 1. The maximum atomic E-state index is 5.35. The van der Waals surface area contributed by atoms with Gasteiger partial charge in [-0.1, -0.05) is 36.8 Å². The summed E-state index contributed by atoms with van der Waals surface area (Å²) in [6.07, 6.45) is 1.01. The molecule has 0 aliphatic heterocycles. The van der Waals surface area contributed by atoms with Crippen molar-refractivity contribution in [1.82, 2.24) is 0 Å². The lowest BCUT2D eigenvalue weighted by atomic mass is 10.0. The van der Waals surface area contributed by atoms with Crippen LogP contribution in [0.3, 0.4) is 0 Å². The lowest BCUT2D eigenvalue weighted by molar-refractivity contribution is 0.355. The Morgan fingerprint density at radius 2 is 1.62 bits per heavy atom. The van der Waals surface area contributed by atoms with Gasteiger partial charge in [-0.15, -0.1) is 0 Å². The van der Waals surface area contributed by atoms with Crippen molar-refractivity contribution in [3.8, 4) is 11.5 Å². The molecule has 0 fully saturated rings.